The maximum atomic E-state index is 11.9. The number of carbonyl (C=O) groups excluding carboxylic acids is 1. The van der Waals surface area contributed by atoms with Gasteiger partial charge in [-0.1, -0.05) is 18.2 Å². The summed E-state index contributed by atoms with van der Waals surface area (Å²) in [7, 11) is 2.90. The van der Waals surface area contributed by atoms with Crippen LogP contribution in [0.15, 0.2) is 46.0 Å². The minimum Gasteiger partial charge on any atom is -0.493 e. The lowest BCUT2D eigenvalue weighted by Gasteiger charge is -2.09. The monoisotopic (exact) mass is 344 g/mol. The summed E-state index contributed by atoms with van der Waals surface area (Å²) in [6.07, 6.45) is 2.87. The molecular weight excluding hydrogens is 324 g/mol. The van der Waals surface area contributed by atoms with Gasteiger partial charge in [0.2, 0.25) is 0 Å². The molecule has 0 aliphatic heterocycles. The van der Waals surface area contributed by atoms with Crippen molar-refractivity contribution < 1.29 is 14.3 Å². The van der Waals surface area contributed by atoms with E-state index in [-0.39, 0.29) is 6.61 Å². The van der Waals surface area contributed by atoms with Gasteiger partial charge in [0.25, 0.3) is 5.56 Å². The Morgan fingerprint density at radius 2 is 1.88 bits per heavy atom. The van der Waals surface area contributed by atoms with Crippen molar-refractivity contribution in [3.8, 4) is 5.75 Å². The number of carbonyl (C=O) groups is 1. The lowest BCUT2D eigenvalue weighted by molar-refractivity contribution is -0.139. The van der Waals surface area contributed by atoms with Crippen molar-refractivity contribution in [2.45, 2.75) is 13.5 Å². The molecule has 1 aromatic heterocycles. The van der Waals surface area contributed by atoms with Crippen LogP contribution in [0.2, 0.25) is 0 Å². The second-order valence-corrected chi connectivity index (χ2v) is 5.29. The summed E-state index contributed by atoms with van der Waals surface area (Å²) in [6.45, 7) is 2.23. The number of nitrogens with zero attached hydrogens (tertiary/aromatic N) is 2. The molecule has 0 atom stereocenters. The van der Waals surface area contributed by atoms with Gasteiger partial charge < -0.3 is 9.47 Å². The molecule has 0 spiro atoms. The van der Waals surface area contributed by atoms with E-state index in [0.717, 1.165) is 10.1 Å². The molecule has 132 valence electrons. The first kappa shape index (κ1) is 18.3. The summed E-state index contributed by atoms with van der Waals surface area (Å²) in [5.41, 5.74) is 0.155. The standard InChI is InChI=1S/C18H20N2O5/c1-4-24-15-8-6-5-7-13(15)9-10-17(22)25-12-14-11-16(21)20(3)18(23)19(14)2/h5-11H,4,12H2,1-3H3/b10-9+. The smallest absolute Gasteiger partial charge is 0.331 e. The third kappa shape index (κ3) is 4.47. The number of ether oxygens (including phenoxy) is 2. The highest BCUT2D eigenvalue weighted by molar-refractivity contribution is 5.87. The van der Waals surface area contributed by atoms with E-state index in [1.165, 1.54) is 30.8 Å². The molecular formula is C18H20N2O5. The molecule has 1 aromatic carbocycles. The van der Waals surface area contributed by atoms with E-state index in [9.17, 15) is 14.4 Å². The summed E-state index contributed by atoms with van der Waals surface area (Å²) in [5.74, 6) is 0.0856. The van der Waals surface area contributed by atoms with Crippen LogP contribution >= 0.6 is 0 Å². The Hall–Kier alpha value is -3.09. The second-order valence-electron chi connectivity index (χ2n) is 5.29. The average Bonchev–Trinajstić information content (AvgIpc) is 2.61. The molecule has 7 nitrogen and oxygen atoms in total. The van der Waals surface area contributed by atoms with Crippen LogP contribution in [0.25, 0.3) is 6.08 Å². The van der Waals surface area contributed by atoms with Crippen LogP contribution < -0.4 is 16.0 Å². The second kappa shape index (κ2) is 8.14. The van der Waals surface area contributed by atoms with Crippen LogP contribution in [-0.2, 0) is 30.2 Å². The zero-order chi connectivity index (χ0) is 18.4. The number of esters is 1. The summed E-state index contributed by atoms with van der Waals surface area (Å²) < 4.78 is 12.8. The van der Waals surface area contributed by atoms with Gasteiger partial charge in [-0.25, -0.2) is 9.59 Å². The molecule has 7 heteroatoms. The molecule has 1 heterocycles. The van der Waals surface area contributed by atoms with Crippen molar-refractivity contribution in [3.05, 3.63) is 68.5 Å². The summed E-state index contributed by atoms with van der Waals surface area (Å²) >= 11 is 0. The average molecular weight is 344 g/mol. The van der Waals surface area contributed by atoms with Crippen molar-refractivity contribution in [1.29, 1.82) is 0 Å². The fourth-order valence-corrected chi connectivity index (χ4v) is 2.17. The van der Waals surface area contributed by atoms with E-state index in [1.54, 1.807) is 6.08 Å². The van der Waals surface area contributed by atoms with E-state index in [1.807, 2.05) is 31.2 Å². The first-order valence-corrected chi connectivity index (χ1v) is 7.76. The summed E-state index contributed by atoms with van der Waals surface area (Å²) in [4.78, 5) is 35.4. The number of hydrogen-bond donors (Lipinski definition) is 0. The lowest BCUT2D eigenvalue weighted by Crippen LogP contribution is -2.38. The van der Waals surface area contributed by atoms with E-state index in [0.29, 0.717) is 18.1 Å². The van der Waals surface area contributed by atoms with Crippen LogP contribution in [-0.4, -0.2) is 21.7 Å². The molecule has 0 aliphatic rings. The normalized spacial score (nSPS) is 10.8. The molecule has 2 aromatic rings. The summed E-state index contributed by atoms with van der Waals surface area (Å²) in [5, 5.41) is 0. The Morgan fingerprint density at radius 1 is 1.16 bits per heavy atom. The topological polar surface area (TPSA) is 79.5 Å². The van der Waals surface area contributed by atoms with Gasteiger partial charge in [0, 0.05) is 31.8 Å². The maximum absolute atomic E-state index is 11.9. The zero-order valence-corrected chi connectivity index (χ0v) is 14.4. The lowest BCUT2D eigenvalue weighted by atomic mass is 10.2. The number of benzene rings is 1. The number of hydrogen-bond acceptors (Lipinski definition) is 5. The van der Waals surface area contributed by atoms with Gasteiger partial charge in [0.15, 0.2) is 0 Å². The Bertz CT molecular complexity index is 908. The maximum Gasteiger partial charge on any atom is 0.331 e. The number of para-hydroxylation sites is 1. The fourth-order valence-electron chi connectivity index (χ4n) is 2.17. The van der Waals surface area contributed by atoms with Crippen molar-refractivity contribution >= 4 is 12.0 Å². The highest BCUT2D eigenvalue weighted by atomic mass is 16.5. The highest BCUT2D eigenvalue weighted by Gasteiger charge is 2.08. The van der Waals surface area contributed by atoms with Crippen LogP contribution in [0.1, 0.15) is 18.2 Å². The Balaban J connectivity index is 2.07. The van der Waals surface area contributed by atoms with Gasteiger partial charge in [0.05, 0.1) is 12.3 Å². The molecule has 0 fully saturated rings. The predicted octanol–water partition coefficient (Wildman–Crippen LogP) is 1.24. The molecule has 0 saturated carbocycles. The SMILES string of the molecule is CCOc1ccccc1/C=C/C(=O)OCc1cc(=O)n(C)c(=O)n1C. The Labute approximate surface area is 144 Å². The van der Waals surface area contributed by atoms with Crippen molar-refractivity contribution in [1.82, 2.24) is 9.13 Å². The molecule has 0 amide bonds. The van der Waals surface area contributed by atoms with Gasteiger partial charge in [-0.2, -0.15) is 0 Å². The Kier molecular flexibility index (Phi) is 5.94. The van der Waals surface area contributed by atoms with Gasteiger partial charge in [0.1, 0.15) is 12.4 Å². The fraction of sp³-hybridized carbons (Fsp3) is 0.278. The van der Waals surface area contributed by atoms with Crippen molar-refractivity contribution in [2.24, 2.45) is 14.1 Å². The van der Waals surface area contributed by atoms with Gasteiger partial charge in [-0.05, 0) is 19.1 Å². The first-order chi connectivity index (χ1) is 11.9. The van der Waals surface area contributed by atoms with Gasteiger partial charge in [-0.3, -0.25) is 13.9 Å². The number of aromatic nitrogens is 2. The summed E-state index contributed by atoms with van der Waals surface area (Å²) in [6, 6.07) is 8.58. The Morgan fingerprint density at radius 3 is 2.60 bits per heavy atom. The zero-order valence-electron chi connectivity index (χ0n) is 14.4. The van der Waals surface area contributed by atoms with Crippen molar-refractivity contribution in [2.75, 3.05) is 6.61 Å². The molecule has 0 unspecified atom stereocenters. The third-order valence-corrected chi connectivity index (χ3v) is 3.61. The molecule has 25 heavy (non-hydrogen) atoms. The molecule has 0 saturated heterocycles. The van der Waals surface area contributed by atoms with Crippen LogP contribution in [0.3, 0.4) is 0 Å². The van der Waals surface area contributed by atoms with E-state index < -0.39 is 17.2 Å². The molecule has 0 bridgehead atoms. The quantitative estimate of drug-likeness (QED) is 0.582. The van der Waals surface area contributed by atoms with E-state index in [2.05, 4.69) is 0 Å². The largest absolute Gasteiger partial charge is 0.493 e. The minimum atomic E-state index is -0.584. The van der Waals surface area contributed by atoms with Gasteiger partial charge in [-0.15, -0.1) is 0 Å². The predicted molar refractivity (Wildman–Crippen MR) is 93.4 cm³/mol. The van der Waals surface area contributed by atoms with E-state index in [4.69, 9.17) is 9.47 Å². The van der Waals surface area contributed by atoms with E-state index >= 15 is 0 Å². The van der Waals surface area contributed by atoms with Gasteiger partial charge >= 0.3 is 11.7 Å². The molecule has 0 aliphatic carbocycles. The third-order valence-electron chi connectivity index (χ3n) is 3.61. The van der Waals surface area contributed by atoms with Crippen LogP contribution in [0, 0.1) is 0 Å². The molecule has 0 N–H and O–H groups in total. The first-order valence-electron chi connectivity index (χ1n) is 7.76. The van der Waals surface area contributed by atoms with Crippen LogP contribution in [0.4, 0.5) is 0 Å². The van der Waals surface area contributed by atoms with Crippen LogP contribution in [0.5, 0.6) is 5.75 Å². The number of rotatable bonds is 6. The molecule has 2 rings (SSSR count). The minimum absolute atomic E-state index is 0.169. The highest BCUT2D eigenvalue weighted by Crippen LogP contribution is 2.19. The van der Waals surface area contributed by atoms with Crippen molar-refractivity contribution in [3.63, 3.8) is 0 Å². The molecule has 0 radical (unpaired) electrons.